The molecule has 2 aromatic rings. The minimum absolute atomic E-state index is 0.0581. The summed E-state index contributed by atoms with van der Waals surface area (Å²) in [5.41, 5.74) is 1.77. The van der Waals surface area contributed by atoms with Gasteiger partial charge in [0, 0.05) is 5.92 Å². The number of carbonyl (C=O) groups is 1. The van der Waals surface area contributed by atoms with Crippen molar-refractivity contribution < 1.29 is 9.53 Å². The normalized spacial score (nSPS) is 24.2. The summed E-state index contributed by atoms with van der Waals surface area (Å²) in [4.78, 5) is 13.0. The predicted molar refractivity (Wildman–Crippen MR) is 92.4 cm³/mol. The lowest BCUT2D eigenvalue weighted by atomic mass is 9.63. The Kier molecular flexibility index (Phi) is 4.80. The van der Waals surface area contributed by atoms with Gasteiger partial charge < -0.3 is 4.74 Å². The fourth-order valence-corrected chi connectivity index (χ4v) is 3.85. The molecule has 0 amide bonds. The number of hydrogen-bond acceptors (Lipinski definition) is 2. The minimum atomic E-state index is -0.559. The van der Waals surface area contributed by atoms with Gasteiger partial charge in [-0.25, -0.2) is 0 Å². The van der Waals surface area contributed by atoms with E-state index in [4.69, 9.17) is 4.74 Å². The van der Waals surface area contributed by atoms with Crippen molar-refractivity contribution in [3.05, 3.63) is 71.8 Å². The van der Waals surface area contributed by atoms with Crippen LogP contribution in [-0.2, 0) is 14.9 Å². The molecule has 0 spiro atoms. The maximum absolute atomic E-state index is 13.0. The molecule has 0 aliphatic carbocycles. The SMILES string of the molecule is CCCCC1(c2ccccc2)C(=O)OCCC1c1ccccc1. The third-order valence-electron chi connectivity index (χ3n) is 5.01. The van der Waals surface area contributed by atoms with Crippen LogP contribution in [0.4, 0.5) is 0 Å². The lowest BCUT2D eigenvalue weighted by molar-refractivity contribution is -0.157. The van der Waals surface area contributed by atoms with E-state index in [0.29, 0.717) is 6.61 Å². The molecule has 2 heteroatoms. The van der Waals surface area contributed by atoms with Gasteiger partial charge in [-0.3, -0.25) is 4.79 Å². The van der Waals surface area contributed by atoms with Crippen LogP contribution < -0.4 is 0 Å². The lowest BCUT2D eigenvalue weighted by Crippen LogP contribution is -2.47. The molecule has 2 nitrogen and oxygen atoms in total. The number of unbranched alkanes of at least 4 members (excludes halogenated alkanes) is 1. The molecule has 0 bridgehead atoms. The summed E-state index contributed by atoms with van der Waals surface area (Å²) < 4.78 is 5.56. The molecular formula is C21H24O2. The van der Waals surface area contributed by atoms with Gasteiger partial charge in [-0.2, -0.15) is 0 Å². The van der Waals surface area contributed by atoms with Crippen LogP contribution in [0.2, 0.25) is 0 Å². The highest BCUT2D eigenvalue weighted by molar-refractivity contribution is 5.85. The second kappa shape index (κ2) is 6.99. The van der Waals surface area contributed by atoms with Gasteiger partial charge in [-0.15, -0.1) is 0 Å². The van der Waals surface area contributed by atoms with Crippen molar-refractivity contribution in [1.82, 2.24) is 0 Å². The summed E-state index contributed by atoms with van der Waals surface area (Å²) in [6, 6.07) is 20.6. The number of carbonyl (C=O) groups excluding carboxylic acids is 1. The van der Waals surface area contributed by atoms with E-state index in [9.17, 15) is 4.79 Å². The zero-order chi connectivity index (χ0) is 16.1. The first-order chi connectivity index (χ1) is 11.3. The Morgan fingerprint density at radius 2 is 1.70 bits per heavy atom. The van der Waals surface area contributed by atoms with Gasteiger partial charge in [0.15, 0.2) is 0 Å². The van der Waals surface area contributed by atoms with Gasteiger partial charge in [-0.1, -0.05) is 80.4 Å². The number of ether oxygens (including phenoxy) is 1. The molecular weight excluding hydrogens is 284 g/mol. The molecule has 2 unspecified atom stereocenters. The monoisotopic (exact) mass is 308 g/mol. The quantitative estimate of drug-likeness (QED) is 0.738. The number of esters is 1. The molecule has 0 aromatic heterocycles. The molecule has 1 aliphatic rings. The molecule has 0 radical (unpaired) electrons. The van der Waals surface area contributed by atoms with E-state index in [1.54, 1.807) is 0 Å². The van der Waals surface area contributed by atoms with Gasteiger partial charge >= 0.3 is 5.97 Å². The molecule has 2 aromatic carbocycles. The summed E-state index contributed by atoms with van der Waals surface area (Å²) in [6.45, 7) is 2.68. The molecule has 23 heavy (non-hydrogen) atoms. The minimum Gasteiger partial charge on any atom is -0.465 e. The molecule has 1 fully saturated rings. The van der Waals surface area contributed by atoms with Crippen LogP contribution in [0.5, 0.6) is 0 Å². The second-order valence-corrected chi connectivity index (χ2v) is 6.33. The van der Waals surface area contributed by atoms with Crippen molar-refractivity contribution in [1.29, 1.82) is 0 Å². The van der Waals surface area contributed by atoms with E-state index >= 15 is 0 Å². The average molecular weight is 308 g/mol. The number of benzene rings is 2. The number of hydrogen-bond donors (Lipinski definition) is 0. The van der Waals surface area contributed by atoms with Crippen LogP contribution in [0.3, 0.4) is 0 Å². The molecule has 0 N–H and O–H groups in total. The van der Waals surface area contributed by atoms with Crippen LogP contribution in [0.25, 0.3) is 0 Å². The standard InChI is InChI=1S/C21H24O2/c1-2-3-15-21(18-12-8-5-9-13-18)19(14-16-23-20(21)22)17-10-6-4-7-11-17/h4-13,19H,2-3,14-16H2,1H3. The van der Waals surface area contributed by atoms with E-state index < -0.39 is 5.41 Å². The maximum Gasteiger partial charge on any atom is 0.317 e. The highest BCUT2D eigenvalue weighted by Gasteiger charge is 2.50. The summed E-state index contributed by atoms with van der Waals surface area (Å²) in [5.74, 6) is 0.121. The Morgan fingerprint density at radius 3 is 2.35 bits per heavy atom. The van der Waals surface area contributed by atoms with Crippen LogP contribution in [-0.4, -0.2) is 12.6 Å². The smallest absolute Gasteiger partial charge is 0.317 e. The van der Waals surface area contributed by atoms with Crippen molar-refractivity contribution in [2.75, 3.05) is 6.61 Å². The molecule has 3 rings (SSSR count). The van der Waals surface area contributed by atoms with Crippen LogP contribution >= 0.6 is 0 Å². The summed E-state index contributed by atoms with van der Waals surface area (Å²) in [7, 11) is 0. The van der Waals surface area contributed by atoms with E-state index in [1.807, 2.05) is 24.3 Å². The zero-order valence-corrected chi connectivity index (χ0v) is 13.7. The van der Waals surface area contributed by atoms with E-state index in [1.165, 1.54) is 5.56 Å². The van der Waals surface area contributed by atoms with Crippen molar-refractivity contribution >= 4 is 5.97 Å². The topological polar surface area (TPSA) is 26.3 Å². The van der Waals surface area contributed by atoms with Gasteiger partial charge in [0.2, 0.25) is 0 Å². The lowest BCUT2D eigenvalue weighted by Gasteiger charge is -2.43. The van der Waals surface area contributed by atoms with Crippen LogP contribution in [0.15, 0.2) is 60.7 Å². The van der Waals surface area contributed by atoms with E-state index in [2.05, 4.69) is 43.3 Å². The summed E-state index contributed by atoms with van der Waals surface area (Å²) in [6.07, 6.45) is 3.82. The first-order valence-corrected chi connectivity index (χ1v) is 8.56. The highest BCUT2D eigenvalue weighted by atomic mass is 16.5. The molecule has 120 valence electrons. The van der Waals surface area contributed by atoms with Crippen molar-refractivity contribution in [3.63, 3.8) is 0 Å². The molecule has 2 atom stereocenters. The highest BCUT2D eigenvalue weighted by Crippen LogP contribution is 2.48. The molecule has 0 saturated carbocycles. The zero-order valence-electron chi connectivity index (χ0n) is 13.7. The Hall–Kier alpha value is -2.09. The Bertz CT molecular complexity index is 635. The average Bonchev–Trinajstić information content (AvgIpc) is 2.62. The third-order valence-corrected chi connectivity index (χ3v) is 5.01. The molecule has 1 aliphatic heterocycles. The summed E-state index contributed by atoms with van der Waals surface area (Å²) in [5, 5.41) is 0. The number of cyclic esters (lactones) is 1. The third kappa shape index (κ3) is 2.90. The van der Waals surface area contributed by atoms with Gasteiger partial charge in [0.05, 0.1) is 12.0 Å². The van der Waals surface area contributed by atoms with Crippen molar-refractivity contribution in [2.45, 2.75) is 43.9 Å². The fourth-order valence-electron chi connectivity index (χ4n) is 3.85. The van der Waals surface area contributed by atoms with Crippen molar-refractivity contribution in [2.24, 2.45) is 0 Å². The number of rotatable bonds is 5. The van der Waals surface area contributed by atoms with Crippen LogP contribution in [0, 0.1) is 0 Å². The fraction of sp³-hybridized carbons (Fsp3) is 0.381. The Morgan fingerprint density at radius 1 is 1.04 bits per heavy atom. The van der Waals surface area contributed by atoms with Crippen LogP contribution in [0.1, 0.15) is 49.7 Å². The summed E-state index contributed by atoms with van der Waals surface area (Å²) >= 11 is 0. The van der Waals surface area contributed by atoms with Crippen molar-refractivity contribution in [3.8, 4) is 0 Å². The van der Waals surface area contributed by atoms with E-state index in [-0.39, 0.29) is 11.9 Å². The van der Waals surface area contributed by atoms with Gasteiger partial charge in [0.1, 0.15) is 0 Å². The first kappa shape index (κ1) is 15.8. The first-order valence-electron chi connectivity index (χ1n) is 8.56. The molecule has 1 saturated heterocycles. The second-order valence-electron chi connectivity index (χ2n) is 6.33. The Labute approximate surface area is 138 Å². The van der Waals surface area contributed by atoms with Gasteiger partial charge in [-0.05, 0) is 24.0 Å². The Balaban J connectivity index is 2.13. The maximum atomic E-state index is 13.0. The van der Waals surface area contributed by atoms with E-state index in [0.717, 1.165) is 31.2 Å². The largest absolute Gasteiger partial charge is 0.465 e. The predicted octanol–water partition coefficient (Wildman–Crippen LogP) is 4.85. The molecule has 1 heterocycles. The van der Waals surface area contributed by atoms with Gasteiger partial charge in [0.25, 0.3) is 0 Å².